The number of hydrogen-bond donors (Lipinski definition) is 3. The summed E-state index contributed by atoms with van der Waals surface area (Å²) in [4.78, 5) is 8.07. The molecule has 0 atom stereocenters. The third-order valence-electron chi connectivity index (χ3n) is 5.94. The number of aromatic nitrogens is 1. The number of anilines is 2. The molecule has 0 spiro atoms. The number of aliphatic imine (C=N–C) groups is 1. The molecule has 4 aromatic carbocycles. The van der Waals surface area contributed by atoms with Crippen molar-refractivity contribution in [1.29, 1.82) is 0 Å². The SMILES string of the molecule is CN(c1ccc(N=C(c2ccccc2)c2c(O)[nH]c3ccc(N)cc23)cc1)S(=O)(=O)c1ccccc1. The van der Waals surface area contributed by atoms with Gasteiger partial charge in [0.15, 0.2) is 5.88 Å². The molecule has 0 aliphatic carbocycles. The van der Waals surface area contributed by atoms with Gasteiger partial charge in [0.25, 0.3) is 10.0 Å². The molecule has 0 radical (unpaired) electrons. The van der Waals surface area contributed by atoms with Crippen LogP contribution < -0.4 is 10.0 Å². The van der Waals surface area contributed by atoms with Gasteiger partial charge in [-0.2, -0.15) is 0 Å². The zero-order chi connectivity index (χ0) is 25.3. The van der Waals surface area contributed by atoms with Crippen LogP contribution in [0.5, 0.6) is 5.88 Å². The molecule has 0 saturated carbocycles. The fourth-order valence-electron chi connectivity index (χ4n) is 4.05. The summed E-state index contributed by atoms with van der Waals surface area (Å²) in [5.74, 6) is -0.0106. The van der Waals surface area contributed by atoms with E-state index in [0.717, 1.165) is 16.5 Å². The lowest BCUT2D eigenvalue weighted by molar-refractivity contribution is 0.457. The van der Waals surface area contributed by atoms with Crippen LogP contribution in [0.25, 0.3) is 10.9 Å². The van der Waals surface area contributed by atoms with Crippen LogP contribution in [0.4, 0.5) is 17.1 Å². The Hall–Kier alpha value is -4.56. The van der Waals surface area contributed by atoms with Gasteiger partial charge in [-0.3, -0.25) is 4.31 Å². The van der Waals surface area contributed by atoms with Crippen molar-refractivity contribution < 1.29 is 13.5 Å². The molecule has 0 saturated heterocycles. The third-order valence-corrected chi connectivity index (χ3v) is 7.74. The summed E-state index contributed by atoms with van der Waals surface area (Å²) in [6, 6.07) is 30.1. The van der Waals surface area contributed by atoms with Crippen molar-refractivity contribution in [1.82, 2.24) is 4.98 Å². The standard InChI is InChI=1S/C28H24N4O3S/c1-32(36(34,35)23-10-6-3-7-11-23)22-15-13-21(14-16-22)30-27(19-8-4-2-5-9-19)26-24-18-20(29)12-17-25(24)31-28(26)33/h2-18,31,33H,29H2,1H3. The number of nitrogens with two attached hydrogens (primary N) is 1. The van der Waals surface area contributed by atoms with E-state index in [4.69, 9.17) is 10.7 Å². The summed E-state index contributed by atoms with van der Waals surface area (Å²) in [7, 11) is -2.17. The van der Waals surface area contributed by atoms with Crippen LogP contribution in [0.15, 0.2) is 113 Å². The van der Waals surface area contributed by atoms with Crippen LogP contribution in [-0.4, -0.2) is 31.3 Å². The van der Waals surface area contributed by atoms with Crippen molar-refractivity contribution in [3.05, 3.63) is 114 Å². The van der Waals surface area contributed by atoms with E-state index in [1.54, 1.807) is 66.7 Å². The first-order valence-corrected chi connectivity index (χ1v) is 12.7. The third kappa shape index (κ3) is 4.30. The van der Waals surface area contributed by atoms with Crippen molar-refractivity contribution in [3.63, 3.8) is 0 Å². The highest BCUT2D eigenvalue weighted by Gasteiger charge is 2.21. The van der Waals surface area contributed by atoms with Crippen LogP contribution in [0.3, 0.4) is 0 Å². The maximum atomic E-state index is 13.0. The molecule has 0 amide bonds. The Morgan fingerprint density at radius 1 is 0.889 bits per heavy atom. The van der Waals surface area contributed by atoms with Gasteiger partial charge in [-0.25, -0.2) is 13.4 Å². The average molecular weight is 497 g/mol. The first-order valence-electron chi connectivity index (χ1n) is 11.2. The Balaban J connectivity index is 1.57. The van der Waals surface area contributed by atoms with E-state index in [9.17, 15) is 13.5 Å². The molecular formula is C28H24N4O3S. The molecule has 1 aromatic heterocycles. The predicted molar refractivity (Wildman–Crippen MR) is 145 cm³/mol. The summed E-state index contributed by atoms with van der Waals surface area (Å²) in [5.41, 5.74) is 10.3. The number of H-pyrrole nitrogens is 1. The van der Waals surface area contributed by atoms with Gasteiger partial charge >= 0.3 is 0 Å². The maximum absolute atomic E-state index is 13.0. The number of nitrogen functional groups attached to an aromatic ring is 1. The second kappa shape index (κ2) is 9.24. The Kier molecular flexibility index (Phi) is 5.95. The molecule has 1 heterocycles. The Morgan fingerprint density at radius 3 is 2.19 bits per heavy atom. The number of hydrogen-bond acceptors (Lipinski definition) is 5. The zero-order valence-corrected chi connectivity index (χ0v) is 20.3. The first kappa shape index (κ1) is 23.2. The topological polar surface area (TPSA) is 112 Å². The predicted octanol–water partition coefficient (Wildman–Crippen LogP) is 5.45. The van der Waals surface area contributed by atoms with Crippen LogP contribution in [0.2, 0.25) is 0 Å². The van der Waals surface area contributed by atoms with E-state index in [-0.39, 0.29) is 10.8 Å². The van der Waals surface area contributed by atoms with E-state index in [2.05, 4.69) is 4.98 Å². The summed E-state index contributed by atoms with van der Waals surface area (Å²) in [6.07, 6.45) is 0. The summed E-state index contributed by atoms with van der Waals surface area (Å²) in [6.45, 7) is 0. The number of aromatic amines is 1. The highest BCUT2D eigenvalue weighted by molar-refractivity contribution is 7.92. The van der Waals surface area contributed by atoms with Crippen LogP contribution in [0.1, 0.15) is 11.1 Å². The summed E-state index contributed by atoms with van der Waals surface area (Å²) < 4.78 is 27.2. The van der Waals surface area contributed by atoms with Crippen LogP contribution in [-0.2, 0) is 10.0 Å². The number of nitrogens with one attached hydrogen (secondary N) is 1. The minimum Gasteiger partial charge on any atom is -0.494 e. The van der Waals surface area contributed by atoms with Crippen molar-refractivity contribution in [2.24, 2.45) is 4.99 Å². The van der Waals surface area contributed by atoms with Crippen molar-refractivity contribution in [2.75, 3.05) is 17.1 Å². The number of sulfonamides is 1. The Labute approximate surface area is 209 Å². The van der Waals surface area contributed by atoms with Gasteiger partial charge in [-0.1, -0.05) is 48.5 Å². The normalized spacial score (nSPS) is 12.1. The second-order valence-electron chi connectivity index (χ2n) is 8.28. The quantitative estimate of drug-likeness (QED) is 0.214. The fraction of sp³-hybridized carbons (Fsp3) is 0.0357. The molecule has 0 unspecified atom stereocenters. The minimum absolute atomic E-state index is 0.0106. The summed E-state index contributed by atoms with van der Waals surface area (Å²) >= 11 is 0. The molecule has 4 N–H and O–H groups in total. The molecule has 5 aromatic rings. The van der Waals surface area contributed by atoms with Gasteiger partial charge in [0, 0.05) is 29.2 Å². The van der Waals surface area contributed by atoms with E-state index in [1.807, 2.05) is 36.4 Å². The lowest BCUT2D eigenvalue weighted by Gasteiger charge is -2.19. The number of nitrogens with zero attached hydrogens (tertiary/aromatic N) is 2. The highest BCUT2D eigenvalue weighted by Crippen LogP contribution is 2.33. The molecule has 0 fully saturated rings. The van der Waals surface area contributed by atoms with Gasteiger partial charge in [0.2, 0.25) is 0 Å². The first-order chi connectivity index (χ1) is 17.3. The lowest BCUT2D eigenvalue weighted by Crippen LogP contribution is -2.26. The number of benzene rings is 4. The van der Waals surface area contributed by atoms with Crippen LogP contribution in [0, 0.1) is 0 Å². The molecule has 0 aliphatic rings. The molecular weight excluding hydrogens is 472 g/mol. The Morgan fingerprint density at radius 2 is 1.53 bits per heavy atom. The van der Waals surface area contributed by atoms with Gasteiger partial charge in [0.05, 0.1) is 27.5 Å². The van der Waals surface area contributed by atoms with Crippen molar-refractivity contribution in [2.45, 2.75) is 4.90 Å². The highest BCUT2D eigenvalue weighted by atomic mass is 32.2. The molecule has 8 heteroatoms. The van der Waals surface area contributed by atoms with Gasteiger partial charge < -0.3 is 15.8 Å². The molecule has 0 bridgehead atoms. The van der Waals surface area contributed by atoms with Crippen LogP contribution >= 0.6 is 0 Å². The summed E-state index contributed by atoms with van der Waals surface area (Å²) in [5, 5.41) is 11.5. The van der Waals surface area contributed by atoms with E-state index in [0.29, 0.717) is 28.3 Å². The molecule has 5 rings (SSSR count). The number of fused-ring (bicyclic) bond motifs is 1. The van der Waals surface area contributed by atoms with Gasteiger partial charge in [-0.05, 0) is 54.6 Å². The average Bonchev–Trinajstić information content (AvgIpc) is 3.22. The monoisotopic (exact) mass is 496 g/mol. The smallest absolute Gasteiger partial charge is 0.264 e. The van der Waals surface area contributed by atoms with E-state index in [1.165, 1.54) is 11.4 Å². The molecule has 36 heavy (non-hydrogen) atoms. The Bertz CT molecular complexity index is 1660. The van der Waals surface area contributed by atoms with Gasteiger partial charge in [-0.15, -0.1) is 0 Å². The van der Waals surface area contributed by atoms with E-state index < -0.39 is 10.0 Å². The largest absolute Gasteiger partial charge is 0.494 e. The molecule has 7 nitrogen and oxygen atoms in total. The minimum atomic E-state index is -3.69. The molecule has 0 aliphatic heterocycles. The number of rotatable bonds is 6. The lowest BCUT2D eigenvalue weighted by atomic mass is 10.0. The zero-order valence-electron chi connectivity index (χ0n) is 19.5. The molecule has 180 valence electrons. The van der Waals surface area contributed by atoms with E-state index >= 15 is 0 Å². The van der Waals surface area contributed by atoms with Gasteiger partial charge in [0.1, 0.15) is 0 Å². The van der Waals surface area contributed by atoms with Crippen molar-refractivity contribution in [3.8, 4) is 5.88 Å². The maximum Gasteiger partial charge on any atom is 0.264 e. The van der Waals surface area contributed by atoms with Crippen molar-refractivity contribution >= 4 is 43.7 Å². The fourth-order valence-corrected chi connectivity index (χ4v) is 5.27. The number of aromatic hydroxyl groups is 1. The second-order valence-corrected chi connectivity index (χ2v) is 10.3.